The Balaban J connectivity index is 0.00000361. The van der Waals surface area contributed by atoms with Crippen LogP contribution in [0.25, 0.3) is 0 Å². The summed E-state index contributed by atoms with van der Waals surface area (Å²) in [5.41, 5.74) is 5.97. The summed E-state index contributed by atoms with van der Waals surface area (Å²) in [4.78, 5) is 0. The SMILES string of the molecule is CC1CCCN(S(=O)(=O)N(C)CCC(N)C(C)C)C1.Cl. The molecule has 2 unspecified atom stereocenters. The van der Waals surface area contributed by atoms with E-state index in [9.17, 15) is 8.42 Å². The summed E-state index contributed by atoms with van der Waals surface area (Å²) in [6.45, 7) is 8.01. The first-order valence-electron chi connectivity index (χ1n) is 7.22. The van der Waals surface area contributed by atoms with Crippen molar-refractivity contribution in [3.05, 3.63) is 0 Å². The predicted molar refractivity (Wildman–Crippen MR) is 86.2 cm³/mol. The molecule has 2 atom stereocenters. The molecule has 0 aromatic rings. The number of piperidine rings is 1. The Labute approximate surface area is 130 Å². The summed E-state index contributed by atoms with van der Waals surface area (Å²) in [5.74, 6) is 0.834. The molecule has 0 aromatic heterocycles. The minimum atomic E-state index is -3.31. The maximum Gasteiger partial charge on any atom is 0.281 e. The molecule has 0 spiro atoms. The molecule has 2 N–H and O–H groups in total. The lowest BCUT2D eigenvalue weighted by atomic mass is 10.0. The minimum Gasteiger partial charge on any atom is -0.327 e. The number of nitrogens with two attached hydrogens (primary N) is 1. The van der Waals surface area contributed by atoms with Gasteiger partial charge in [-0.25, -0.2) is 0 Å². The summed E-state index contributed by atoms with van der Waals surface area (Å²) in [6, 6.07) is 0.0536. The van der Waals surface area contributed by atoms with Gasteiger partial charge in [-0.1, -0.05) is 20.8 Å². The first-order chi connectivity index (χ1) is 8.75. The van der Waals surface area contributed by atoms with Crippen molar-refractivity contribution < 1.29 is 8.42 Å². The lowest BCUT2D eigenvalue weighted by molar-refractivity contribution is 0.261. The molecule has 0 amide bonds. The fraction of sp³-hybridized carbons (Fsp3) is 1.00. The van der Waals surface area contributed by atoms with Gasteiger partial charge >= 0.3 is 0 Å². The highest BCUT2D eigenvalue weighted by atomic mass is 35.5. The van der Waals surface area contributed by atoms with Crippen LogP contribution in [-0.4, -0.2) is 49.8 Å². The summed E-state index contributed by atoms with van der Waals surface area (Å²) in [7, 11) is -1.65. The highest BCUT2D eigenvalue weighted by Gasteiger charge is 2.30. The van der Waals surface area contributed by atoms with Crippen molar-refractivity contribution in [2.75, 3.05) is 26.7 Å². The molecule has 1 saturated heterocycles. The molecule has 1 aliphatic heterocycles. The van der Waals surface area contributed by atoms with Crippen molar-refractivity contribution in [3.63, 3.8) is 0 Å². The molecule has 0 saturated carbocycles. The Morgan fingerprint density at radius 1 is 1.40 bits per heavy atom. The van der Waals surface area contributed by atoms with E-state index in [4.69, 9.17) is 5.73 Å². The van der Waals surface area contributed by atoms with Gasteiger partial charge in [0, 0.05) is 32.7 Å². The molecule has 0 aromatic carbocycles. The summed E-state index contributed by atoms with van der Waals surface area (Å²) >= 11 is 0. The van der Waals surface area contributed by atoms with Gasteiger partial charge in [0.15, 0.2) is 0 Å². The van der Waals surface area contributed by atoms with Crippen LogP contribution in [0.1, 0.15) is 40.0 Å². The monoisotopic (exact) mass is 327 g/mol. The third-order valence-electron chi connectivity index (χ3n) is 3.97. The molecule has 0 bridgehead atoms. The quantitative estimate of drug-likeness (QED) is 0.807. The summed E-state index contributed by atoms with van der Waals surface area (Å²) < 4.78 is 27.9. The van der Waals surface area contributed by atoms with Crippen LogP contribution in [0, 0.1) is 11.8 Å². The van der Waals surface area contributed by atoms with Gasteiger partial charge in [-0.2, -0.15) is 17.0 Å². The van der Waals surface area contributed by atoms with E-state index in [1.165, 1.54) is 4.31 Å². The number of halogens is 1. The second-order valence-corrected chi connectivity index (χ2v) is 8.17. The number of hydrogen-bond donors (Lipinski definition) is 1. The second-order valence-electron chi connectivity index (χ2n) is 6.13. The van der Waals surface area contributed by atoms with Crippen LogP contribution in [-0.2, 0) is 10.2 Å². The third-order valence-corrected chi connectivity index (χ3v) is 5.93. The van der Waals surface area contributed by atoms with E-state index in [1.807, 2.05) is 0 Å². The van der Waals surface area contributed by atoms with Crippen molar-refractivity contribution in [1.29, 1.82) is 0 Å². The Hall–Kier alpha value is 0.120. The Bertz CT molecular complexity index is 376. The van der Waals surface area contributed by atoms with Gasteiger partial charge in [0.25, 0.3) is 10.2 Å². The Morgan fingerprint density at radius 2 is 2.00 bits per heavy atom. The number of rotatable bonds is 6. The van der Waals surface area contributed by atoms with E-state index < -0.39 is 10.2 Å². The molecular formula is C13H30ClN3O2S. The van der Waals surface area contributed by atoms with Crippen molar-refractivity contribution in [2.24, 2.45) is 17.6 Å². The molecule has 20 heavy (non-hydrogen) atoms. The van der Waals surface area contributed by atoms with Gasteiger partial charge in [-0.15, -0.1) is 12.4 Å². The van der Waals surface area contributed by atoms with E-state index in [-0.39, 0.29) is 18.4 Å². The van der Waals surface area contributed by atoms with E-state index in [2.05, 4.69) is 20.8 Å². The fourth-order valence-electron chi connectivity index (χ4n) is 2.33. The smallest absolute Gasteiger partial charge is 0.281 e. The highest BCUT2D eigenvalue weighted by molar-refractivity contribution is 7.86. The predicted octanol–water partition coefficient (Wildman–Crippen LogP) is 1.69. The van der Waals surface area contributed by atoms with Crippen LogP contribution in [0.4, 0.5) is 0 Å². The normalized spacial score (nSPS) is 22.9. The van der Waals surface area contributed by atoms with Gasteiger partial charge in [0.2, 0.25) is 0 Å². The van der Waals surface area contributed by atoms with E-state index in [0.717, 1.165) is 12.8 Å². The molecule has 1 fully saturated rings. The van der Waals surface area contributed by atoms with E-state index in [0.29, 0.717) is 37.9 Å². The van der Waals surface area contributed by atoms with Crippen LogP contribution in [0.2, 0.25) is 0 Å². The summed E-state index contributed by atoms with van der Waals surface area (Å²) in [6.07, 6.45) is 2.78. The molecule has 5 nitrogen and oxygen atoms in total. The van der Waals surface area contributed by atoms with E-state index in [1.54, 1.807) is 11.4 Å². The van der Waals surface area contributed by atoms with Crippen LogP contribution < -0.4 is 5.73 Å². The number of nitrogens with zero attached hydrogens (tertiary/aromatic N) is 2. The maximum atomic E-state index is 12.4. The van der Waals surface area contributed by atoms with Crippen LogP contribution in [0.15, 0.2) is 0 Å². The number of hydrogen-bond acceptors (Lipinski definition) is 3. The highest BCUT2D eigenvalue weighted by Crippen LogP contribution is 2.20. The van der Waals surface area contributed by atoms with Crippen molar-refractivity contribution in [3.8, 4) is 0 Å². The van der Waals surface area contributed by atoms with Crippen LogP contribution in [0.5, 0.6) is 0 Å². The van der Waals surface area contributed by atoms with Crippen molar-refractivity contribution in [2.45, 2.75) is 46.1 Å². The zero-order valence-corrected chi connectivity index (χ0v) is 14.7. The zero-order chi connectivity index (χ0) is 14.6. The van der Waals surface area contributed by atoms with Gasteiger partial charge in [0.05, 0.1) is 0 Å². The second kappa shape index (κ2) is 8.54. The summed E-state index contributed by atoms with van der Waals surface area (Å²) in [5, 5.41) is 0. The Kier molecular flexibility index (Phi) is 8.59. The van der Waals surface area contributed by atoms with Gasteiger partial charge in [-0.05, 0) is 31.1 Å². The molecule has 1 aliphatic rings. The largest absolute Gasteiger partial charge is 0.327 e. The van der Waals surface area contributed by atoms with Gasteiger partial charge in [0.1, 0.15) is 0 Å². The third kappa shape index (κ3) is 5.48. The lowest BCUT2D eigenvalue weighted by Gasteiger charge is -2.33. The van der Waals surface area contributed by atoms with Gasteiger partial charge in [-0.3, -0.25) is 0 Å². The molecular weight excluding hydrogens is 298 g/mol. The Morgan fingerprint density at radius 3 is 2.50 bits per heavy atom. The maximum absolute atomic E-state index is 12.4. The topological polar surface area (TPSA) is 66.6 Å². The van der Waals surface area contributed by atoms with E-state index >= 15 is 0 Å². The molecule has 1 rings (SSSR count). The first kappa shape index (κ1) is 20.1. The average molecular weight is 328 g/mol. The standard InChI is InChI=1S/C13H29N3O2S.ClH/c1-11(2)13(14)7-9-15(4)19(17,18)16-8-5-6-12(3)10-16;/h11-13H,5-10,14H2,1-4H3;1H. The average Bonchev–Trinajstić information content (AvgIpc) is 2.35. The molecule has 0 aliphatic carbocycles. The van der Waals surface area contributed by atoms with Crippen molar-refractivity contribution in [1.82, 2.24) is 8.61 Å². The lowest BCUT2D eigenvalue weighted by Crippen LogP contribution is -2.47. The fourth-order valence-corrected chi connectivity index (χ4v) is 3.87. The molecule has 0 radical (unpaired) electrons. The minimum absolute atomic E-state index is 0. The molecule has 1 heterocycles. The molecule has 122 valence electrons. The van der Waals surface area contributed by atoms with Gasteiger partial charge < -0.3 is 5.73 Å². The first-order valence-corrected chi connectivity index (χ1v) is 8.61. The van der Waals surface area contributed by atoms with Crippen molar-refractivity contribution >= 4 is 22.6 Å². The zero-order valence-electron chi connectivity index (χ0n) is 13.1. The van der Waals surface area contributed by atoms with Crippen LogP contribution >= 0.6 is 12.4 Å². The van der Waals surface area contributed by atoms with Crippen LogP contribution in [0.3, 0.4) is 0 Å². The molecule has 7 heteroatoms.